The molecule has 2 N–H and O–H groups in total. The lowest BCUT2D eigenvalue weighted by Gasteiger charge is -2.17. The van der Waals surface area contributed by atoms with Crippen molar-refractivity contribution in [3.63, 3.8) is 0 Å². The fraction of sp³-hybridized carbons (Fsp3) is 0.429. The lowest BCUT2D eigenvalue weighted by atomic mass is 10.2. The van der Waals surface area contributed by atoms with Gasteiger partial charge in [0.15, 0.2) is 0 Å². The number of likely N-dealkylation sites (N-methyl/N-ethyl adjacent to an activating group) is 1. The Hall–Kier alpha value is -2.60. The molecule has 0 aliphatic carbocycles. The zero-order valence-corrected chi connectivity index (χ0v) is 16.1. The van der Waals surface area contributed by atoms with Crippen LogP contribution < -0.4 is 20.3 Å². The van der Waals surface area contributed by atoms with E-state index in [0.717, 1.165) is 43.9 Å². The first-order valence-corrected chi connectivity index (χ1v) is 9.62. The number of anilines is 2. The van der Waals surface area contributed by atoms with Crippen LogP contribution >= 0.6 is 0 Å². The van der Waals surface area contributed by atoms with Gasteiger partial charge < -0.3 is 20.3 Å². The highest BCUT2D eigenvalue weighted by atomic mass is 16.5. The zero-order chi connectivity index (χ0) is 19.1. The first kappa shape index (κ1) is 19.2. The number of carbonyl (C=O) groups excluding carboxylic acids is 1. The van der Waals surface area contributed by atoms with Crippen LogP contribution in [0, 0.1) is 0 Å². The van der Waals surface area contributed by atoms with Gasteiger partial charge in [0.1, 0.15) is 11.6 Å². The minimum atomic E-state index is -0.152. The third-order valence-electron chi connectivity index (χ3n) is 4.81. The summed E-state index contributed by atoms with van der Waals surface area (Å²) in [6, 6.07) is 11.6. The fourth-order valence-electron chi connectivity index (χ4n) is 3.09. The number of carbonyl (C=O) groups is 1. The highest BCUT2D eigenvalue weighted by molar-refractivity contribution is 6.04. The number of ether oxygens (including phenoxy) is 1. The van der Waals surface area contributed by atoms with Gasteiger partial charge in [-0.25, -0.2) is 4.98 Å². The summed E-state index contributed by atoms with van der Waals surface area (Å²) in [6.45, 7) is 4.79. The minimum absolute atomic E-state index is 0.152. The van der Waals surface area contributed by atoms with E-state index in [2.05, 4.69) is 27.4 Å². The minimum Gasteiger partial charge on any atom is -0.494 e. The Morgan fingerprint density at radius 2 is 2.07 bits per heavy atom. The number of hydrogen-bond donors (Lipinski definition) is 2. The van der Waals surface area contributed by atoms with Gasteiger partial charge in [-0.3, -0.25) is 4.79 Å². The first-order chi connectivity index (χ1) is 13.2. The van der Waals surface area contributed by atoms with E-state index < -0.39 is 0 Å². The van der Waals surface area contributed by atoms with E-state index in [1.807, 2.05) is 31.3 Å². The molecule has 6 heteroatoms. The van der Waals surface area contributed by atoms with E-state index in [1.165, 1.54) is 0 Å². The van der Waals surface area contributed by atoms with Gasteiger partial charge in [0, 0.05) is 24.7 Å². The molecule has 2 heterocycles. The second-order valence-corrected chi connectivity index (χ2v) is 6.81. The predicted molar refractivity (Wildman–Crippen MR) is 109 cm³/mol. The largest absolute Gasteiger partial charge is 0.494 e. The standard InChI is InChI=1S/C21H28N4O2/c1-3-4-13-27-19-8-5-16(6-9-19)21(26)24-17-7-10-20(23-14-17)25-12-11-18(15-25)22-2/h5-10,14,18,22H,3-4,11-13,15H2,1-2H3,(H,24,26). The number of benzene rings is 1. The monoisotopic (exact) mass is 368 g/mol. The van der Waals surface area contributed by atoms with E-state index >= 15 is 0 Å². The molecule has 1 saturated heterocycles. The molecule has 1 amide bonds. The van der Waals surface area contributed by atoms with E-state index in [4.69, 9.17) is 4.74 Å². The Bertz CT molecular complexity index is 731. The smallest absolute Gasteiger partial charge is 0.255 e. The molecule has 0 saturated carbocycles. The summed E-state index contributed by atoms with van der Waals surface area (Å²) in [7, 11) is 1.99. The lowest BCUT2D eigenvalue weighted by Crippen LogP contribution is -2.29. The normalized spacial score (nSPS) is 16.4. The molecule has 1 aliphatic heterocycles. The summed E-state index contributed by atoms with van der Waals surface area (Å²) < 4.78 is 5.63. The zero-order valence-electron chi connectivity index (χ0n) is 16.1. The summed E-state index contributed by atoms with van der Waals surface area (Å²) >= 11 is 0. The van der Waals surface area contributed by atoms with Crippen molar-refractivity contribution in [2.45, 2.75) is 32.2 Å². The molecule has 0 radical (unpaired) electrons. The Morgan fingerprint density at radius 3 is 2.70 bits per heavy atom. The first-order valence-electron chi connectivity index (χ1n) is 9.62. The lowest BCUT2D eigenvalue weighted by molar-refractivity contribution is 0.102. The van der Waals surface area contributed by atoms with Gasteiger partial charge in [-0.1, -0.05) is 13.3 Å². The maximum Gasteiger partial charge on any atom is 0.255 e. The van der Waals surface area contributed by atoms with Crippen molar-refractivity contribution in [3.8, 4) is 5.75 Å². The van der Waals surface area contributed by atoms with Gasteiger partial charge >= 0.3 is 0 Å². The Labute approximate surface area is 160 Å². The maximum atomic E-state index is 12.4. The molecular weight excluding hydrogens is 340 g/mol. The van der Waals surface area contributed by atoms with Crippen LogP contribution in [0.5, 0.6) is 5.75 Å². The van der Waals surface area contributed by atoms with Gasteiger partial charge in [0.2, 0.25) is 0 Å². The predicted octanol–water partition coefficient (Wildman–Crippen LogP) is 3.31. The summed E-state index contributed by atoms with van der Waals surface area (Å²) in [5.74, 6) is 1.58. The SMILES string of the molecule is CCCCOc1ccc(C(=O)Nc2ccc(N3CCC(NC)C3)nc2)cc1. The number of amides is 1. The number of nitrogens with one attached hydrogen (secondary N) is 2. The summed E-state index contributed by atoms with van der Waals surface area (Å²) in [4.78, 5) is 19.2. The Kier molecular flexibility index (Phi) is 6.65. The van der Waals surface area contributed by atoms with Crippen LogP contribution in [0.2, 0.25) is 0 Å². The Morgan fingerprint density at radius 1 is 1.26 bits per heavy atom. The number of unbranched alkanes of at least 4 members (excludes halogenated alkanes) is 1. The van der Waals surface area contributed by atoms with E-state index in [-0.39, 0.29) is 5.91 Å². The van der Waals surface area contributed by atoms with Crippen molar-refractivity contribution < 1.29 is 9.53 Å². The third-order valence-corrected chi connectivity index (χ3v) is 4.81. The molecule has 0 bridgehead atoms. The van der Waals surface area contributed by atoms with Gasteiger partial charge in [-0.15, -0.1) is 0 Å². The molecular formula is C21H28N4O2. The molecule has 6 nitrogen and oxygen atoms in total. The van der Waals surface area contributed by atoms with Crippen LogP contribution in [0.15, 0.2) is 42.6 Å². The number of hydrogen-bond acceptors (Lipinski definition) is 5. The van der Waals surface area contributed by atoms with Crippen LogP contribution in [0.3, 0.4) is 0 Å². The van der Waals surface area contributed by atoms with Crippen LogP contribution in [0.1, 0.15) is 36.5 Å². The van der Waals surface area contributed by atoms with Crippen molar-refractivity contribution in [3.05, 3.63) is 48.2 Å². The van der Waals surface area contributed by atoms with Crippen LogP contribution in [-0.2, 0) is 0 Å². The topological polar surface area (TPSA) is 66.5 Å². The third kappa shape index (κ3) is 5.20. The maximum absolute atomic E-state index is 12.4. The van der Waals surface area contributed by atoms with Crippen LogP contribution in [-0.4, -0.2) is 43.7 Å². The second-order valence-electron chi connectivity index (χ2n) is 6.81. The van der Waals surface area contributed by atoms with E-state index in [9.17, 15) is 4.79 Å². The van der Waals surface area contributed by atoms with Crippen LogP contribution in [0.25, 0.3) is 0 Å². The molecule has 27 heavy (non-hydrogen) atoms. The molecule has 1 unspecified atom stereocenters. The molecule has 1 aromatic heterocycles. The van der Waals surface area contributed by atoms with Gasteiger partial charge in [-0.2, -0.15) is 0 Å². The summed E-state index contributed by atoms with van der Waals surface area (Å²) in [5, 5.41) is 6.20. The average Bonchev–Trinajstić information content (AvgIpc) is 3.18. The molecule has 2 aromatic rings. The molecule has 144 valence electrons. The molecule has 3 rings (SSSR count). The fourth-order valence-corrected chi connectivity index (χ4v) is 3.09. The molecule has 1 fully saturated rings. The number of aromatic nitrogens is 1. The average molecular weight is 368 g/mol. The molecule has 1 aromatic carbocycles. The van der Waals surface area contributed by atoms with Crippen molar-refractivity contribution in [2.75, 3.05) is 37.0 Å². The van der Waals surface area contributed by atoms with Crippen LogP contribution in [0.4, 0.5) is 11.5 Å². The number of pyridine rings is 1. The molecule has 0 spiro atoms. The van der Waals surface area contributed by atoms with Crippen molar-refractivity contribution in [1.29, 1.82) is 0 Å². The van der Waals surface area contributed by atoms with Gasteiger partial charge in [0.05, 0.1) is 18.5 Å². The molecule has 1 atom stereocenters. The highest BCUT2D eigenvalue weighted by Gasteiger charge is 2.21. The van der Waals surface area contributed by atoms with Gasteiger partial charge in [0.25, 0.3) is 5.91 Å². The van der Waals surface area contributed by atoms with Crippen molar-refractivity contribution in [2.24, 2.45) is 0 Å². The van der Waals surface area contributed by atoms with Crippen molar-refractivity contribution in [1.82, 2.24) is 10.3 Å². The van der Waals surface area contributed by atoms with E-state index in [0.29, 0.717) is 23.9 Å². The number of rotatable bonds is 8. The summed E-state index contributed by atoms with van der Waals surface area (Å²) in [6.07, 6.45) is 4.95. The second kappa shape index (κ2) is 9.37. The Balaban J connectivity index is 1.54. The quantitative estimate of drug-likeness (QED) is 0.700. The van der Waals surface area contributed by atoms with Crippen molar-refractivity contribution >= 4 is 17.4 Å². The summed E-state index contributed by atoms with van der Waals surface area (Å²) in [5.41, 5.74) is 1.29. The highest BCUT2D eigenvalue weighted by Crippen LogP contribution is 2.20. The van der Waals surface area contributed by atoms with E-state index in [1.54, 1.807) is 18.3 Å². The molecule has 1 aliphatic rings. The number of nitrogens with zero attached hydrogens (tertiary/aromatic N) is 2. The van der Waals surface area contributed by atoms with Gasteiger partial charge in [-0.05, 0) is 56.3 Å².